The lowest BCUT2D eigenvalue weighted by Crippen LogP contribution is -2.15. The highest BCUT2D eigenvalue weighted by molar-refractivity contribution is 5.30. The third-order valence-corrected chi connectivity index (χ3v) is 3.35. The van der Waals surface area contributed by atoms with Crippen LogP contribution in [0.3, 0.4) is 0 Å². The summed E-state index contributed by atoms with van der Waals surface area (Å²) >= 11 is 0. The third kappa shape index (κ3) is 2.35. The molecule has 3 heteroatoms. The van der Waals surface area contributed by atoms with Crippen molar-refractivity contribution in [2.75, 3.05) is 7.11 Å². The van der Waals surface area contributed by atoms with Gasteiger partial charge in [-0.15, -0.1) is 0 Å². The van der Waals surface area contributed by atoms with Gasteiger partial charge in [0.2, 0.25) is 0 Å². The van der Waals surface area contributed by atoms with Gasteiger partial charge in [0.25, 0.3) is 0 Å². The summed E-state index contributed by atoms with van der Waals surface area (Å²) in [6, 6.07) is 4.61. The highest BCUT2D eigenvalue weighted by atomic mass is 19.1. The number of aliphatic hydroxyl groups excluding tert-OH is 1. The van der Waals surface area contributed by atoms with Crippen LogP contribution >= 0.6 is 0 Å². The maximum atomic E-state index is 13.6. The molecule has 1 N–H and O–H groups in total. The third-order valence-electron chi connectivity index (χ3n) is 3.35. The van der Waals surface area contributed by atoms with Gasteiger partial charge in [0.05, 0.1) is 13.2 Å². The Bertz CT molecular complexity index is 361. The van der Waals surface area contributed by atoms with Gasteiger partial charge < -0.3 is 9.84 Å². The lowest BCUT2D eigenvalue weighted by Gasteiger charge is -2.27. The Morgan fingerprint density at radius 1 is 1.50 bits per heavy atom. The van der Waals surface area contributed by atoms with Crippen LogP contribution in [0.15, 0.2) is 18.2 Å². The second-order valence-electron chi connectivity index (χ2n) is 4.44. The Balaban J connectivity index is 2.06. The summed E-state index contributed by atoms with van der Waals surface area (Å²) in [5.74, 6) is 0.666. The summed E-state index contributed by atoms with van der Waals surface area (Å²) in [5.41, 5.74) is 0.382. The quantitative estimate of drug-likeness (QED) is 0.851. The topological polar surface area (TPSA) is 29.5 Å². The van der Waals surface area contributed by atoms with E-state index in [0.717, 1.165) is 12.8 Å². The highest BCUT2D eigenvalue weighted by Crippen LogP contribution is 2.35. The van der Waals surface area contributed by atoms with Crippen molar-refractivity contribution < 1.29 is 14.2 Å². The van der Waals surface area contributed by atoms with Crippen molar-refractivity contribution in [3.63, 3.8) is 0 Å². The van der Waals surface area contributed by atoms with Gasteiger partial charge in [-0.2, -0.15) is 0 Å². The number of benzene rings is 1. The molecule has 0 aliphatic heterocycles. The van der Waals surface area contributed by atoms with Crippen molar-refractivity contribution in [1.82, 2.24) is 0 Å². The minimum absolute atomic E-state index is 0.382. The fourth-order valence-corrected chi connectivity index (χ4v) is 2.08. The molecule has 2 nitrogen and oxygen atoms in total. The van der Waals surface area contributed by atoms with E-state index in [-0.39, 0.29) is 5.82 Å². The lowest BCUT2D eigenvalue weighted by molar-refractivity contribution is 0.115. The second-order valence-corrected chi connectivity index (χ2v) is 4.44. The number of ether oxygens (including phenoxy) is 1. The molecule has 0 amide bonds. The van der Waals surface area contributed by atoms with Crippen LogP contribution in [-0.2, 0) is 0 Å². The Hall–Kier alpha value is -1.09. The van der Waals surface area contributed by atoms with Crippen LogP contribution in [0.5, 0.6) is 5.75 Å². The zero-order chi connectivity index (χ0) is 11.5. The number of hydrogen-bond donors (Lipinski definition) is 1. The molecule has 1 unspecified atom stereocenters. The predicted molar refractivity (Wildman–Crippen MR) is 59.9 cm³/mol. The molecular weight excluding hydrogens is 207 g/mol. The van der Waals surface area contributed by atoms with E-state index < -0.39 is 6.10 Å². The van der Waals surface area contributed by atoms with Gasteiger partial charge >= 0.3 is 0 Å². The van der Waals surface area contributed by atoms with Gasteiger partial charge in [-0.3, -0.25) is 0 Å². The van der Waals surface area contributed by atoms with Gasteiger partial charge in [-0.1, -0.05) is 19.3 Å². The molecule has 1 aliphatic carbocycles. The first-order chi connectivity index (χ1) is 7.70. The molecule has 1 aliphatic rings. The molecule has 1 atom stereocenters. The first kappa shape index (κ1) is 11.4. The zero-order valence-corrected chi connectivity index (χ0v) is 9.45. The van der Waals surface area contributed by atoms with Gasteiger partial charge in [0.15, 0.2) is 0 Å². The van der Waals surface area contributed by atoms with Crippen molar-refractivity contribution in [2.24, 2.45) is 5.92 Å². The summed E-state index contributed by atoms with van der Waals surface area (Å²) < 4.78 is 18.5. The average molecular weight is 224 g/mol. The molecule has 0 bridgehead atoms. The van der Waals surface area contributed by atoms with Crippen LogP contribution in [0.25, 0.3) is 0 Å². The highest BCUT2D eigenvalue weighted by Gasteiger charge is 2.23. The van der Waals surface area contributed by atoms with E-state index >= 15 is 0 Å². The normalized spacial score (nSPS) is 17.9. The average Bonchev–Trinajstić information content (AvgIpc) is 2.23. The fourth-order valence-electron chi connectivity index (χ4n) is 2.08. The second kappa shape index (κ2) is 4.83. The van der Waals surface area contributed by atoms with Crippen molar-refractivity contribution in [3.05, 3.63) is 29.6 Å². The van der Waals surface area contributed by atoms with E-state index in [0.29, 0.717) is 23.7 Å². The maximum absolute atomic E-state index is 13.6. The van der Waals surface area contributed by atoms with E-state index in [1.54, 1.807) is 12.1 Å². The first-order valence-corrected chi connectivity index (χ1v) is 5.72. The zero-order valence-electron chi connectivity index (χ0n) is 9.45. The molecule has 1 saturated carbocycles. The maximum Gasteiger partial charge on any atom is 0.132 e. The Morgan fingerprint density at radius 2 is 2.25 bits per heavy atom. The van der Waals surface area contributed by atoms with E-state index in [2.05, 4.69) is 0 Å². The van der Waals surface area contributed by atoms with Gasteiger partial charge in [0, 0.05) is 11.6 Å². The van der Waals surface area contributed by atoms with Crippen molar-refractivity contribution >= 4 is 0 Å². The van der Waals surface area contributed by atoms with Gasteiger partial charge in [-0.25, -0.2) is 4.39 Å². The molecule has 1 aromatic rings. The molecule has 0 aromatic heterocycles. The lowest BCUT2D eigenvalue weighted by atomic mass is 9.80. The molecule has 88 valence electrons. The van der Waals surface area contributed by atoms with Crippen LogP contribution < -0.4 is 4.74 Å². The number of methoxy groups -OCH3 is 1. The van der Waals surface area contributed by atoms with Crippen LogP contribution in [0.2, 0.25) is 0 Å². The van der Waals surface area contributed by atoms with Crippen LogP contribution in [-0.4, -0.2) is 12.2 Å². The molecule has 1 aromatic carbocycles. The van der Waals surface area contributed by atoms with Crippen LogP contribution in [0.1, 0.15) is 37.4 Å². The number of aliphatic hydroxyl groups is 1. The number of rotatable bonds is 4. The molecular formula is C13H17FO2. The standard InChI is InChI=1S/C13H17FO2/c1-16-10-5-6-11(12(14)8-10)13(15)7-9-3-2-4-9/h5-6,8-9,13,15H,2-4,7H2,1H3. The minimum Gasteiger partial charge on any atom is -0.497 e. The monoisotopic (exact) mass is 224 g/mol. The van der Waals surface area contributed by atoms with E-state index in [9.17, 15) is 9.50 Å². The van der Waals surface area contributed by atoms with Crippen LogP contribution in [0, 0.1) is 11.7 Å². The predicted octanol–water partition coefficient (Wildman–Crippen LogP) is 3.06. The SMILES string of the molecule is COc1ccc(C(O)CC2CCC2)c(F)c1. The molecule has 0 saturated heterocycles. The van der Waals surface area contributed by atoms with E-state index in [1.807, 2.05) is 0 Å². The van der Waals surface area contributed by atoms with E-state index in [4.69, 9.17) is 4.74 Å². The molecule has 0 spiro atoms. The van der Waals surface area contributed by atoms with Gasteiger partial charge in [0.1, 0.15) is 11.6 Å². The van der Waals surface area contributed by atoms with Crippen molar-refractivity contribution in [3.8, 4) is 5.75 Å². The minimum atomic E-state index is -0.684. The smallest absolute Gasteiger partial charge is 0.132 e. The number of hydrogen-bond acceptors (Lipinski definition) is 2. The first-order valence-electron chi connectivity index (χ1n) is 5.72. The molecule has 0 radical (unpaired) electrons. The van der Waals surface area contributed by atoms with Crippen molar-refractivity contribution in [1.29, 1.82) is 0 Å². The summed E-state index contributed by atoms with van der Waals surface area (Å²) in [6.07, 6.45) is 3.55. The summed E-state index contributed by atoms with van der Waals surface area (Å²) in [7, 11) is 1.50. The summed E-state index contributed by atoms with van der Waals surface area (Å²) in [4.78, 5) is 0. The molecule has 16 heavy (non-hydrogen) atoms. The van der Waals surface area contributed by atoms with E-state index in [1.165, 1.54) is 19.6 Å². The van der Waals surface area contributed by atoms with Gasteiger partial charge in [-0.05, 0) is 24.5 Å². The number of halogens is 1. The molecule has 0 heterocycles. The fraction of sp³-hybridized carbons (Fsp3) is 0.538. The molecule has 2 rings (SSSR count). The Kier molecular flexibility index (Phi) is 3.44. The Labute approximate surface area is 95.1 Å². The summed E-state index contributed by atoms with van der Waals surface area (Å²) in [5, 5.41) is 9.92. The Morgan fingerprint density at radius 3 is 2.75 bits per heavy atom. The van der Waals surface area contributed by atoms with Crippen LogP contribution in [0.4, 0.5) is 4.39 Å². The summed E-state index contributed by atoms with van der Waals surface area (Å²) in [6.45, 7) is 0. The van der Waals surface area contributed by atoms with Crippen molar-refractivity contribution in [2.45, 2.75) is 31.8 Å². The largest absolute Gasteiger partial charge is 0.497 e. The molecule has 1 fully saturated rings.